The molecule has 0 radical (unpaired) electrons. The minimum Gasteiger partial charge on any atom is -0.363 e. The van der Waals surface area contributed by atoms with Gasteiger partial charge in [-0.15, -0.1) is 0 Å². The summed E-state index contributed by atoms with van der Waals surface area (Å²) in [5.41, 5.74) is 0.852. The van der Waals surface area contributed by atoms with Crippen LogP contribution in [0.5, 0.6) is 0 Å². The molecule has 2 aromatic carbocycles. The molecule has 3 aromatic rings. The number of hydrogen-bond donors (Lipinski definition) is 1. The van der Waals surface area contributed by atoms with E-state index in [1.54, 1.807) is 6.07 Å². The average molecular weight is 317 g/mol. The molecule has 1 aromatic heterocycles. The van der Waals surface area contributed by atoms with Crippen LogP contribution in [-0.2, 0) is 0 Å². The summed E-state index contributed by atoms with van der Waals surface area (Å²) in [6.07, 6.45) is -3.00. The van der Waals surface area contributed by atoms with Gasteiger partial charge in [0.2, 0.25) is 0 Å². The highest BCUT2D eigenvalue weighted by molar-refractivity contribution is 5.83. The molecule has 3 nitrogen and oxygen atoms in total. The summed E-state index contributed by atoms with van der Waals surface area (Å²) in [5, 5.41) is 9.07. The second-order valence-corrected chi connectivity index (χ2v) is 5.76. The molecular weight excluding hydrogens is 303 g/mol. The van der Waals surface area contributed by atoms with Crippen LogP contribution in [0.4, 0.5) is 19.0 Å². The maximum absolute atomic E-state index is 13.4. The Labute approximate surface area is 130 Å². The van der Waals surface area contributed by atoms with E-state index in [-0.39, 0.29) is 6.42 Å². The Hall–Kier alpha value is -2.50. The van der Waals surface area contributed by atoms with Crippen molar-refractivity contribution in [1.82, 2.24) is 9.78 Å². The molecule has 0 saturated carbocycles. The molecule has 0 unspecified atom stereocenters. The van der Waals surface area contributed by atoms with Crippen molar-refractivity contribution in [3.05, 3.63) is 60.3 Å². The maximum Gasteiger partial charge on any atom is 0.410 e. The summed E-state index contributed by atoms with van der Waals surface area (Å²) in [7, 11) is 0. The van der Waals surface area contributed by atoms with E-state index >= 15 is 0 Å². The molecule has 1 aliphatic heterocycles. The number of benzene rings is 2. The van der Waals surface area contributed by atoms with E-state index in [1.807, 2.05) is 42.5 Å². The third kappa shape index (κ3) is 2.44. The second-order valence-electron chi connectivity index (χ2n) is 5.76. The number of alkyl halides is 3. The summed E-state index contributed by atoms with van der Waals surface area (Å²) in [6.45, 7) is 0. The lowest BCUT2D eigenvalue weighted by Crippen LogP contribution is -2.35. The first-order valence-corrected chi connectivity index (χ1v) is 7.38. The van der Waals surface area contributed by atoms with Gasteiger partial charge in [-0.3, -0.25) is 0 Å². The molecule has 2 atom stereocenters. The normalized spacial score (nSPS) is 21.0. The monoisotopic (exact) mass is 317 g/mol. The van der Waals surface area contributed by atoms with Crippen molar-refractivity contribution in [2.24, 2.45) is 0 Å². The zero-order valence-electron chi connectivity index (χ0n) is 12.1. The molecule has 0 aliphatic carbocycles. The molecule has 0 bridgehead atoms. The Bertz CT molecular complexity index is 853. The van der Waals surface area contributed by atoms with Gasteiger partial charge in [0.15, 0.2) is 6.04 Å². The van der Waals surface area contributed by atoms with Gasteiger partial charge in [-0.25, -0.2) is 4.68 Å². The van der Waals surface area contributed by atoms with Gasteiger partial charge in [0.1, 0.15) is 5.82 Å². The number of anilines is 1. The van der Waals surface area contributed by atoms with E-state index in [0.29, 0.717) is 5.82 Å². The highest BCUT2D eigenvalue weighted by Crippen LogP contribution is 2.43. The van der Waals surface area contributed by atoms with Crippen molar-refractivity contribution in [3.63, 3.8) is 0 Å². The number of rotatable bonds is 1. The van der Waals surface area contributed by atoms with Crippen molar-refractivity contribution in [2.75, 3.05) is 5.32 Å². The lowest BCUT2D eigenvalue weighted by molar-refractivity contribution is -0.173. The number of aromatic nitrogens is 2. The van der Waals surface area contributed by atoms with Crippen LogP contribution < -0.4 is 5.32 Å². The predicted molar refractivity (Wildman–Crippen MR) is 82.2 cm³/mol. The van der Waals surface area contributed by atoms with Crippen LogP contribution >= 0.6 is 0 Å². The van der Waals surface area contributed by atoms with Gasteiger partial charge in [0.05, 0.1) is 12.2 Å². The van der Waals surface area contributed by atoms with Gasteiger partial charge in [0.25, 0.3) is 0 Å². The first-order valence-electron chi connectivity index (χ1n) is 7.38. The number of fused-ring (bicyclic) bond motifs is 2. The molecule has 4 rings (SSSR count). The summed E-state index contributed by atoms with van der Waals surface area (Å²) in [5.74, 6) is 0.400. The summed E-state index contributed by atoms with van der Waals surface area (Å²) in [6, 6.07) is 13.2. The molecule has 0 spiro atoms. The molecule has 1 aliphatic rings. The molecule has 0 fully saturated rings. The molecular formula is C17H14F3N3. The number of nitrogens with one attached hydrogen (secondary N) is 1. The average Bonchev–Trinajstić information content (AvgIpc) is 3.00. The molecule has 118 valence electrons. The third-order valence-electron chi connectivity index (χ3n) is 4.30. The van der Waals surface area contributed by atoms with Crippen LogP contribution in [0.2, 0.25) is 0 Å². The van der Waals surface area contributed by atoms with E-state index < -0.39 is 18.3 Å². The molecule has 0 saturated heterocycles. The van der Waals surface area contributed by atoms with Gasteiger partial charge in [-0.1, -0.05) is 36.4 Å². The Morgan fingerprint density at radius 2 is 1.83 bits per heavy atom. The van der Waals surface area contributed by atoms with Crippen molar-refractivity contribution < 1.29 is 13.2 Å². The molecule has 23 heavy (non-hydrogen) atoms. The molecule has 0 amide bonds. The second kappa shape index (κ2) is 5.01. The first kappa shape index (κ1) is 14.1. The molecule has 1 N–H and O–H groups in total. The van der Waals surface area contributed by atoms with Gasteiger partial charge in [-0.2, -0.15) is 18.3 Å². The number of halogens is 3. The zero-order valence-corrected chi connectivity index (χ0v) is 12.1. The Morgan fingerprint density at radius 3 is 2.61 bits per heavy atom. The minimum atomic E-state index is -4.32. The fourth-order valence-electron chi connectivity index (χ4n) is 3.15. The number of hydrogen-bond acceptors (Lipinski definition) is 2. The van der Waals surface area contributed by atoms with Crippen LogP contribution in [0, 0.1) is 0 Å². The van der Waals surface area contributed by atoms with Crippen LogP contribution in [0.15, 0.2) is 54.7 Å². The molecule has 2 heterocycles. The van der Waals surface area contributed by atoms with Gasteiger partial charge >= 0.3 is 6.18 Å². The summed E-state index contributed by atoms with van der Waals surface area (Å²) >= 11 is 0. The van der Waals surface area contributed by atoms with Crippen LogP contribution in [0.25, 0.3) is 10.8 Å². The van der Waals surface area contributed by atoms with Crippen LogP contribution in [0.3, 0.4) is 0 Å². The van der Waals surface area contributed by atoms with E-state index in [2.05, 4.69) is 10.4 Å². The Kier molecular flexibility index (Phi) is 3.07. The number of nitrogens with zero attached hydrogens (tertiary/aromatic N) is 2. The van der Waals surface area contributed by atoms with E-state index in [0.717, 1.165) is 21.0 Å². The summed E-state index contributed by atoms with van der Waals surface area (Å²) in [4.78, 5) is 0. The zero-order chi connectivity index (χ0) is 16.0. The van der Waals surface area contributed by atoms with Crippen molar-refractivity contribution in [2.45, 2.75) is 24.7 Å². The lowest BCUT2D eigenvalue weighted by atomic mass is 9.95. The SMILES string of the molecule is FC(F)(F)[C@@H]1C[C@H](c2ccc3ccccc3c2)Nc2ccnn21. The van der Waals surface area contributed by atoms with Crippen molar-refractivity contribution in [3.8, 4) is 0 Å². The van der Waals surface area contributed by atoms with Gasteiger partial charge in [-0.05, 0) is 22.4 Å². The third-order valence-corrected chi connectivity index (χ3v) is 4.30. The van der Waals surface area contributed by atoms with Gasteiger partial charge in [0, 0.05) is 12.5 Å². The quantitative estimate of drug-likeness (QED) is 0.705. The maximum atomic E-state index is 13.4. The van der Waals surface area contributed by atoms with E-state index in [1.165, 1.54) is 6.20 Å². The fourth-order valence-corrected chi connectivity index (χ4v) is 3.15. The van der Waals surface area contributed by atoms with E-state index in [9.17, 15) is 13.2 Å². The van der Waals surface area contributed by atoms with Crippen LogP contribution in [-0.4, -0.2) is 16.0 Å². The predicted octanol–water partition coefficient (Wildman–Crippen LogP) is 4.70. The first-order chi connectivity index (χ1) is 11.0. The molecule has 6 heteroatoms. The van der Waals surface area contributed by atoms with E-state index in [4.69, 9.17) is 0 Å². The smallest absolute Gasteiger partial charge is 0.363 e. The van der Waals surface area contributed by atoms with Gasteiger partial charge < -0.3 is 5.32 Å². The minimum absolute atomic E-state index is 0.0729. The summed E-state index contributed by atoms with van der Waals surface area (Å²) < 4.78 is 41.1. The Morgan fingerprint density at radius 1 is 1.04 bits per heavy atom. The topological polar surface area (TPSA) is 29.9 Å². The van der Waals surface area contributed by atoms with Crippen LogP contribution in [0.1, 0.15) is 24.1 Å². The standard InChI is InChI=1S/C17H14F3N3/c18-17(19,20)15-10-14(22-16-7-8-21-23(15)16)13-6-5-11-3-1-2-4-12(11)9-13/h1-9,14-15,22H,10H2/t14-,15+/m1/s1. The lowest BCUT2D eigenvalue weighted by Gasteiger charge is -2.33. The highest BCUT2D eigenvalue weighted by atomic mass is 19.4. The largest absolute Gasteiger partial charge is 0.410 e. The van der Waals surface area contributed by atoms with Crippen molar-refractivity contribution >= 4 is 16.6 Å². The van der Waals surface area contributed by atoms with Crippen molar-refractivity contribution in [1.29, 1.82) is 0 Å². The highest BCUT2D eigenvalue weighted by Gasteiger charge is 2.46. The Balaban J connectivity index is 1.74. The fraction of sp³-hybridized carbons (Fsp3) is 0.235.